The van der Waals surface area contributed by atoms with Crippen molar-refractivity contribution in [1.82, 2.24) is 0 Å². The zero-order chi connectivity index (χ0) is 18.1. The van der Waals surface area contributed by atoms with E-state index in [4.69, 9.17) is 5.73 Å². The molecule has 134 valence electrons. The molecule has 2 nitrogen and oxygen atoms in total. The van der Waals surface area contributed by atoms with Crippen LogP contribution in [0.2, 0.25) is 0 Å². The van der Waals surface area contributed by atoms with Gasteiger partial charge in [-0.2, -0.15) is 0 Å². The van der Waals surface area contributed by atoms with Gasteiger partial charge >= 0.3 is 0 Å². The van der Waals surface area contributed by atoms with E-state index >= 15 is 0 Å². The monoisotopic (exact) mass is 408 g/mol. The molecule has 1 heterocycles. The molecule has 1 aliphatic heterocycles. The van der Waals surface area contributed by atoms with Crippen molar-refractivity contribution in [2.24, 2.45) is 10.7 Å². The largest absolute Gasteiger partial charge is 0.387 e. The molecule has 0 saturated heterocycles. The number of alkyl halides is 1. The van der Waals surface area contributed by atoms with E-state index in [-0.39, 0.29) is 17.7 Å². The normalized spacial score (nSPS) is 17.1. The van der Waals surface area contributed by atoms with Gasteiger partial charge in [-0.05, 0) is 54.7 Å². The molecule has 1 aliphatic rings. The number of amidine groups is 1. The second-order valence-corrected chi connectivity index (χ2v) is 6.67. The number of hydrogen-bond acceptors (Lipinski definition) is 2. The maximum absolute atomic E-state index is 12.7. The van der Waals surface area contributed by atoms with E-state index in [9.17, 15) is 8.78 Å². The first kappa shape index (κ1) is 19.6. The van der Waals surface area contributed by atoms with Crippen molar-refractivity contribution >= 4 is 21.8 Å². The molecule has 0 amide bonds. The van der Waals surface area contributed by atoms with E-state index in [1.807, 2.05) is 12.1 Å². The van der Waals surface area contributed by atoms with Crippen molar-refractivity contribution in [3.63, 3.8) is 0 Å². The molecule has 25 heavy (non-hydrogen) atoms. The third-order valence-electron chi connectivity index (χ3n) is 4.02. The summed E-state index contributed by atoms with van der Waals surface area (Å²) in [7, 11) is 0. The molecule has 2 N–H and O–H groups in total. The number of rotatable bonds is 3. The van der Waals surface area contributed by atoms with Crippen LogP contribution in [0, 0.1) is 11.6 Å². The molecule has 0 fully saturated rings. The molecule has 0 spiro atoms. The van der Waals surface area contributed by atoms with Gasteiger partial charge in [0.2, 0.25) is 0 Å². The molecular weight excluding hydrogens is 386 g/mol. The highest BCUT2D eigenvalue weighted by atomic mass is 79.9. The zero-order valence-corrected chi connectivity index (χ0v) is 15.7. The molecule has 3 rings (SSSR count). The summed E-state index contributed by atoms with van der Waals surface area (Å²) in [6.07, 6.45) is 5.17. The van der Waals surface area contributed by atoms with E-state index in [1.54, 1.807) is 12.1 Å². The Hall–Kier alpha value is -1.75. The van der Waals surface area contributed by atoms with Gasteiger partial charge < -0.3 is 5.73 Å². The van der Waals surface area contributed by atoms with Crippen molar-refractivity contribution in [3.05, 3.63) is 71.3 Å². The molecule has 2 aromatic carbocycles. The second-order valence-electron chi connectivity index (χ2n) is 6.11. The highest BCUT2D eigenvalue weighted by Crippen LogP contribution is 2.17. The van der Waals surface area contributed by atoms with Crippen LogP contribution >= 0.6 is 15.9 Å². The molecule has 0 radical (unpaired) electrons. The van der Waals surface area contributed by atoms with Gasteiger partial charge in [0.15, 0.2) is 0 Å². The summed E-state index contributed by atoms with van der Waals surface area (Å²) in [5, 5.41) is 0.785. The summed E-state index contributed by atoms with van der Waals surface area (Å²) in [6, 6.07) is 13.3. The summed E-state index contributed by atoms with van der Waals surface area (Å²) < 4.78 is 25.0. The fourth-order valence-electron chi connectivity index (χ4n) is 2.66. The molecule has 5 heteroatoms. The minimum atomic E-state index is -0.187. The number of benzene rings is 2. The lowest BCUT2D eigenvalue weighted by atomic mass is 10.0. The highest BCUT2D eigenvalue weighted by Gasteiger charge is 2.12. The van der Waals surface area contributed by atoms with Crippen LogP contribution in [0.1, 0.15) is 36.8 Å². The van der Waals surface area contributed by atoms with Crippen molar-refractivity contribution in [1.29, 1.82) is 0 Å². The lowest BCUT2D eigenvalue weighted by Crippen LogP contribution is -2.15. The average molecular weight is 409 g/mol. The Morgan fingerprint density at radius 2 is 1.48 bits per heavy atom. The van der Waals surface area contributed by atoms with E-state index in [2.05, 4.69) is 20.9 Å². The molecule has 1 unspecified atom stereocenters. The van der Waals surface area contributed by atoms with E-state index < -0.39 is 0 Å². The van der Waals surface area contributed by atoms with Crippen LogP contribution in [0.4, 0.5) is 8.78 Å². The Morgan fingerprint density at radius 3 is 2.04 bits per heavy atom. The minimum Gasteiger partial charge on any atom is -0.387 e. The van der Waals surface area contributed by atoms with E-state index in [1.165, 1.54) is 30.7 Å². The van der Waals surface area contributed by atoms with Gasteiger partial charge in [-0.15, -0.1) is 0 Å². The summed E-state index contributed by atoms with van der Waals surface area (Å²) in [6.45, 7) is 0. The van der Waals surface area contributed by atoms with Gasteiger partial charge in [-0.25, -0.2) is 8.78 Å². The number of nitrogens with two attached hydrogens (primary N) is 1. The second kappa shape index (κ2) is 10.3. The van der Waals surface area contributed by atoms with Crippen LogP contribution in [0.5, 0.6) is 0 Å². The quantitative estimate of drug-likeness (QED) is 0.679. The van der Waals surface area contributed by atoms with Crippen molar-refractivity contribution in [3.8, 4) is 0 Å². The van der Waals surface area contributed by atoms with Crippen LogP contribution < -0.4 is 5.73 Å². The third kappa shape index (κ3) is 7.34. The maximum atomic E-state index is 12.7. The lowest BCUT2D eigenvalue weighted by molar-refractivity contribution is 0.585. The van der Waals surface area contributed by atoms with Crippen LogP contribution in [0.25, 0.3) is 0 Å². The maximum Gasteiger partial charge on any atom is 0.123 e. The smallest absolute Gasteiger partial charge is 0.123 e. The Bertz CT molecular complexity index is 669. The van der Waals surface area contributed by atoms with Crippen LogP contribution in [0.15, 0.2) is 53.5 Å². The first-order valence-corrected chi connectivity index (χ1v) is 9.56. The standard InChI is InChI=1S/C13H17FN2.C7H6BrF/c14-11-7-5-10(6-8-11)9-12-3-1-2-4-13(15)16-12;8-5-6-1-3-7(9)4-2-6/h5-8,12H,1-4,9H2,(H2,15,16);1-4H,5H2. The molecule has 1 atom stereocenters. The van der Waals surface area contributed by atoms with Gasteiger partial charge in [0.25, 0.3) is 0 Å². The van der Waals surface area contributed by atoms with Gasteiger partial charge in [0.1, 0.15) is 11.6 Å². The fourth-order valence-corrected chi connectivity index (χ4v) is 3.04. The Morgan fingerprint density at radius 1 is 0.920 bits per heavy atom. The van der Waals surface area contributed by atoms with Crippen molar-refractivity contribution < 1.29 is 8.78 Å². The first-order chi connectivity index (χ1) is 12.1. The molecule has 2 aromatic rings. The van der Waals surface area contributed by atoms with Crippen LogP contribution in [-0.4, -0.2) is 11.9 Å². The average Bonchev–Trinajstić information content (AvgIpc) is 2.82. The number of nitrogens with zero attached hydrogens (tertiary/aromatic N) is 1. The number of halogens is 3. The molecule has 0 saturated carbocycles. The Kier molecular flexibility index (Phi) is 8.06. The molecule has 0 aliphatic carbocycles. The van der Waals surface area contributed by atoms with Crippen molar-refractivity contribution in [2.75, 3.05) is 0 Å². The van der Waals surface area contributed by atoms with Gasteiger partial charge in [0, 0.05) is 11.8 Å². The lowest BCUT2D eigenvalue weighted by Gasteiger charge is -2.10. The zero-order valence-electron chi connectivity index (χ0n) is 14.1. The first-order valence-electron chi connectivity index (χ1n) is 8.44. The van der Waals surface area contributed by atoms with Gasteiger partial charge in [-0.3, -0.25) is 4.99 Å². The summed E-state index contributed by atoms with van der Waals surface area (Å²) in [5.41, 5.74) is 8.02. The molecule has 0 aromatic heterocycles. The minimum absolute atomic E-state index is 0.181. The SMILES string of the molecule is Fc1ccc(CBr)cc1.NC1=NC(Cc2ccc(F)cc2)CCCC1. The molecular formula is C20H23BrF2N2. The van der Waals surface area contributed by atoms with Crippen molar-refractivity contribution in [2.45, 2.75) is 43.5 Å². The molecule has 0 bridgehead atoms. The van der Waals surface area contributed by atoms with E-state index in [0.717, 1.165) is 48.0 Å². The van der Waals surface area contributed by atoms with Gasteiger partial charge in [-0.1, -0.05) is 46.6 Å². The highest BCUT2D eigenvalue weighted by molar-refractivity contribution is 9.08. The predicted octanol–water partition coefficient (Wildman–Crippen LogP) is 5.39. The number of hydrogen-bond donors (Lipinski definition) is 1. The van der Waals surface area contributed by atoms with E-state index in [0.29, 0.717) is 0 Å². The Balaban J connectivity index is 0.000000212. The predicted molar refractivity (Wildman–Crippen MR) is 103 cm³/mol. The number of aliphatic imine (C=N–C) groups is 1. The summed E-state index contributed by atoms with van der Waals surface area (Å²) >= 11 is 3.26. The van der Waals surface area contributed by atoms with Crippen LogP contribution in [-0.2, 0) is 11.8 Å². The van der Waals surface area contributed by atoms with Crippen LogP contribution in [0.3, 0.4) is 0 Å². The summed E-state index contributed by atoms with van der Waals surface area (Å²) in [5.74, 6) is 0.400. The Labute approximate surface area is 156 Å². The fraction of sp³-hybridized carbons (Fsp3) is 0.350. The topological polar surface area (TPSA) is 38.4 Å². The third-order valence-corrected chi connectivity index (χ3v) is 4.67. The summed E-state index contributed by atoms with van der Waals surface area (Å²) in [4.78, 5) is 4.49. The van der Waals surface area contributed by atoms with Gasteiger partial charge in [0.05, 0.1) is 11.9 Å².